The molecule has 1 fully saturated rings. The van der Waals surface area contributed by atoms with Crippen molar-refractivity contribution in [2.45, 2.75) is 31.7 Å². The highest BCUT2D eigenvalue weighted by Crippen LogP contribution is 2.43. The van der Waals surface area contributed by atoms with Crippen LogP contribution in [0.2, 0.25) is 5.02 Å². The van der Waals surface area contributed by atoms with Gasteiger partial charge in [-0.2, -0.15) is 0 Å². The zero-order valence-corrected chi connectivity index (χ0v) is 20.3. The van der Waals surface area contributed by atoms with Gasteiger partial charge in [0.15, 0.2) is 5.82 Å². The Balaban J connectivity index is 1.73. The molecule has 186 valence electrons. The molecule has 4 rings (SSSR count). The first kappa shape index (κ1) is 24.7. The lowest BCUT2D eigenvalue weighted by Crippen LogP contribution is -2.36. The van der Waals surface area contributed by atoms with Gasteiger partial charge in [0.2, 0.25) is 16.0 Å². The molecule has 1 aromatic carbocycles. The summed E-state index contributed by atoms with van der Waals surface area (Å²) < 4.78 is 41.0. The molecule has 0 unspecified atom stereocenters. The van der Waals surface area contributed by atoms with Gasteiger partial charge in [-0.1, -0.05) is 11.6 Å². The van der Waals surface area contributed by atoms with Gasteiger partial charge >= 0.3 is 6.09 Å². The van der Waals surface area contributed by atoms with Crippen LogP contribution in [0.25, 0.3) is 22.6 Å². The molecule has 1 saturated carbocycles. The number of amides is 1. The van der Waals surface area contributed by atoms with Gasteiger partial charge in [0.05, 0.1) is 23.3 Å². The first-order chi connectivity index (χ1) is 16.5. The number of hydrogen-bond acceptors (Lipinski definition) is 7. The van der Waals surface area contributed by atoms with Gasteiger partial charge in [-0.15, -0.1) is 0 Å². The number of sulfonamides is 1. The van der Waals surface area contributed by atoms with Crippen molar-refractivity contribution in [3.8, 4) is 22.6 Å². The maximum Gasteiger partial charge on any atom is 0.404 e. The topological polar surface area (TPSA) is 162 Å². The molecule has 3 aromatic rings. The van der Waals surface area contributed by atoms with Crippen LogP contribution in [-0.2, 0) is 10.0 Å². The molecule has 0 spiro atoms. The summed E-state index contributed by atoms with van der Waals surface area (Å²) in [6.07, 6.45) is 3.16. The van der Waals surface area contributed by atoms with Crippen molar-refractivity contribution in [1.29, 1.82) is 0 Å². The fraction of sp³-hybridized carbons (Fsp3) is 0.333. The lowest BCUT2D eigenvalue weighted by Gasteiger charge is -2.13. The summed E-state index contributed by atoms with van der Waals surface area (Å²) in [6.45, 7) is 1.92. The summed E-state index contributed by atoms with van der Waals surface area (Å²) in [5.74, 6) is 0.289. The molecule has 35 heavy (non-hydrogen) atoms. The Bertz CT molecular complexity index is 1380. The van der Waals surface area contributed by atoms with Crippen molar-refractivity contribution < 1.29 is 22.7 Å². The number of halogens is 2. The smallest absolute Gasteiger partial charge is 0.404 e. The van der Waals surface area contributed by atoms with Gasteiger partial charge in [-0.3, -0.25) is 4.72 Å². The lowest BCUT2D eigenvalue weighted by molar-refractivity contribution is 0.191. The van der Waals surface area contributed by atoms with Gasteiger partial charge < -0.3 is 20.7 Å². The van der Waals surface area contributed by atoms with E-state index in [2.05, 4.69) is 35.3 Å². The van der Waals surface area contributed by atoms with Crippen molar-refractivity contribution in [2.24, 2.45) is 0 Å². The minimum atomic E-state index is -3.75. The highest BCUT2D eigenvalue weighted by molar-refractivity contribution is 7.92. The third-order valence-electron chi connectivity index (χ3n) is 5.12. The Morgan fingerprint density at radius 3 is 2.74 bits per heavy atom. The Labute approximate surface area is 205 Å². The molecule has 0 aliphatic heterocycles. The second-order valence-electron chi connectivity index (χ2n) is 8.31. The third kappa shape index (κ3) is 6.17. The fourth-order valence-electron chi connectivity index (χ4n) is 3.45. The number of carboxylic acid groups (broad SMARTS) is 1. The molecule has 0 saturated heterocycles. The number of nitrogens with zero attached hydrogens (tertiary/aromatic N) is 3. The SMILES string of the molecule is C[C@@H](CNc1nccc(-c2[nH]c(C3CC3)nc2-c2cc(Cl)cc(NS(C)(=O)=O)c2F)n1)NC(=O)O. The normalized spacial score (nSPS) is 14.4. The molecule has 11 nitrogen and oxygen atoms in total. The fourth-order valence-corrected chi connectivity index (χ4v) is 4.21. The number of rotatable bonds is 9. The molecule has 0 bridgehead atoms. The summed E-state index contributed by atoms with van der Waals surface area (Å²) in [6, 6.07) is 3.79. The van der Waals surface area contributed by atoms with E-state index >= 15 is 4.39 Å². The second kappa shape index (κ2) is 9.66. The average molecular weight is 524 g/mol. The highest BCUT2D eigenvalue weighted by Gasteiger charge is 2.30. The summed E-state index contributed by atoms with van der Waals surface area (Å²) in [5.41, 5.74) is 0.776. The van der Waals surface area contributed by atoms with Crippen LogP contribution < -0.4 is 15.4 Å². The number of H-pyrrole nitrogens is 1. The van der Waals surface area contributed by atoms with E-state index in [0.717, 1.165) is 19.1 Å². The van der Waals surface area contributed by atoms with Crippen LogP contribution in [0.15, 0.2) is 24.4 Å². The molecule has 2 heterocycles. The van der Waals surface area contributed by atoms with E-state index in [9.17, 15) is 13.2 Å². The van der Waals surface area contributed by atoms with Gasteiger partial charge in [0.25, 0.3) is 0 Å². The van der Waals surface area contributed by atoms with Crippen molar-refractivity contribution in [3.05, 3.63) is 41.1 Å². The minimum absolute atomic E-state index is 0.00852. The van der Waals surface area contributed by atoms with Crippen LogP contribution in [0.4, 0.5) is 20.8 Å². The van der Waals surface area contributed by atoms with Gasteiger partial charge in [0, 0.05) is 35.3 Å². The van der Waals surface area contributed by atoms with E-state index in [1.807, 2.05) is 0 Å². The maximum absolute atomic E-state index is 15.4. The van der Waals surface area contributed by atoms with Crippen LogP contribution in [0.1, 0.15) is 31.5 Å². The lowest BCUT2D eigenvalue weighted by atomic mass is 10.1. The quantitative estimate of drug-likeness (QED) is 0.284. The maximum atomic E-state index is 15.4. The number of anilines is 2. The van der Waals surface area contributed by atoms with E-state index in [-0.39, 0.29) is 40.4 Å². The first-order valence-electron chi connectivity index (χ1n) is 10.6. The van der Waals surface area contributed by atoms with Crippen LogP contribution in [-0.4, -0.2) is 58.4 Å². The van der Waals surface area contributed by atoms with E-state index < -0.39 is 28.0 Å². The van der Waals surface area contributed by atoms with E-state index in [0.29, 0.717) is 17.2 Å². The standard InChI is InChI=1S/C21H23ClFN7O4S/c1-10(26-21(31)32)9-25-20-24-6-5-14(27-20)18-17(28-19(29-18)11-3-4-11)13-7-12(22)8-15(16(13)23)30-35(2,33)34/h5-8,10-11,26,30H,3-4,9H2,1-2H3,(H,28,29)(H,31,32)(H,24,25,27)/t10-/m0/s1. The second-order valence-corrected chi connectivity index (χ2v) is 10.5. The zero-order valence-electron chi connectivity index (χ0n) is 18.8. The number of nitrogens with one attached hydrogen (secondary N) is 4. The number of benzene rings is 1. The van der Waals surface area contributed by atoms with E-state index in [1.165, 1.54) is 18.3 Å². The molecule has 0 radical (unpaired) electrons. The van der Waals surface area contributed by atoms with Crippen molar-refractivity contribution in [3.63, 3.8) is 0 Å². The predicted octanol–water partition coefficient (Wildman–Crippen LogP) is 3.64. The summed E-state index contributed by atoms with van der Waals surface area (Å²) in [4.78, 5) is 27.2. The third-order valence-corrected chi connectivity index (χ3v) is 5.93. The van der Waals surface area contributed by atoms with Gasteiger partial charge in [0.1, 0.15) is 11.5 Å². The van der Waals surface area contributed by atoms with Crippen molar-refractivity contribution >= 4 is 39.4 Å². The number of hydrogen-bond donors (Lipinski definition) is 5. The minimum Gasteiger partial charge on any atom is -0.465 e. The summed E-state index contributed by atoms with van der Waals surface area (Å²) >= 11 is 6.19. The van der Waals surface area contributed by atoms with Crippen LogP contribution in [0.3, 0.4) is 0 Å². The Kier molecular flexibility index (Phi) is 6.81. The molecule has 1 aliphatic rings. The van der Waals surface area contributed by atoms with Gasteiger partial charge in [-0.05, 0) is 38.0 Å². The molecule has 1 amide bonds. The first-order valence-corrected chi connectivity index (χ1v) is 12.9. The average Bonchev–Trinajstić information content (AvgIpc) is 3.52. The molecule has 1 aliphatic carbocycles. The van der Waals surface area contributed by atoms with E-state index in [1.54, 1.807) is 13.0 Å². The predicted molar refractivity (Wildman–Crippen MR) is 130 cm³/mol. The number of carbonyl (C=O) groups is 1. The molecule has 5 N–H and O–H groups in total. The Morgan fingerprint density at radius 1 is 1.34 bits per heavy atom. The molecular formula is C21H23ClFN7O4S. The van der Waals surface area contributed by atoms with Gasteiger partial charge in [-0.25, -0.2) is 32.6 Å². The Morgan fingerprint density at radius 2 is 2.09 bits per heavy atom. The van der Waals surface area contributed by atoms with Crippen LogP contribution >= 0.6 is 11.6 Å². The summed E-state index contributed by atoms with van der Waals surface area (Å²) in [7, 11) is -3.75. The zero-order chi connectivity index (χ0) is 25.3. The van der Waals surface area contributed by atoms with E-state index in [4.69, 9.17) is 16.7 Å². The van der Waals surface area contributed by atoms with Crippen molar-refractivity contribution in [1.82, 2.24) is 25.3 Å². The van der Waals surface area contributed by atoms with Crippen LogP contribution in [0.5, 0.6) is 0 Å². The highest BCUT2D eigenvalue weighted by atomic mass is 35.5. The largest absolute Gasteiger partial charge is 0.465 e. The number of aromatic nitrogens is 4. The monoisotopic (exact) mass is 523 g/mol. The Hall–Kier alpha value is -3.45. The summed E-state index contributed by atoms with van der Waals surface area (Å²) in [5, 5.41) is 14.2. The van der Waals surface area contributed by atoms with Crippen LogP contribution in [0, 0.1) is 5.82 Å². The molecular weight excluding hydrogens is 501 g/mol. The van der Waals surface area contributed by atoms with Crippen molar-refractivity contribution in [2.75, 3.05) is 22.8 Å². The number of imidazole rings is 1. The molecule has 2 aromatic heterocycles. The number of aromatic amines is 1. The molecule has 14 heteroatoms. The molecule has 1 atom stereocenters.